The molecule has 3 aromatic heterocycles. The Morgan fingerprint density at radius 3 is 2.58 bits per heavy atom. The van der Waals surface area contributed by atoms with Crippen molar-refractivity contribution in [3.8, 4) is 0 Å². The summed E-state index contributed by atoms with van der Waals surface area (Å²) in [6.45, 7) is 1.91. The summed E-state index contributed by atoms with van der Waals surface area (Å²) >= 11 is 11.6. The van der Waals surface area contributed by atoms with E-state index in [1.807, 2.05) is 13.0 Å². The van der Waals surface area contributed by atoms with Crippen LogP contribution in [0.4, 0.5) is 17.5 Å². The summed E-state index contributed by atoms with van der Waals surface area (Å²) in [5.74, 6) is 2.32. The Morgan fingerprint density at radius 1 is 1.21 bits per heavy atom. The summed E-state index contributed by atoms with van der Waals surface area (Å²) in [4.78, 5) is 7.77. The van der Waals surface area contributed by atoms with E-state index in [0.29, 0.717) is 28.4 Å². The molecular formula is C14H16Cl2N8. The molecule has 8 nitrogen and oxygen atoms in total. The average molecular weight is 367 g/mol. The SMILES string of the molecule is Cc1cc(N)n[nH]1.Clc1ncc(Cl)c(Nc2cc(C3CC3)[nH]n2)n1. The van der Waals surface area contributed by atoms with Crippen molar-refractivity contribution in [1.29, 1.82) is 0 Å². The molecule has 1 fully saturated rings. The molecule has 4 rings (SSSR count). The smallest absolute Gasteiger partial charge is 0.224 e. The van der Waals surface area contributed by atoms with Crippen LogP contribution in [0.2, 0.25) is 10.3 Å². The highest BCUT2D eigenvalue weighted by molar-refractivity contribution is 6.33. The van der Waals surface area contributed by atoms with Crippen LogP contribution >= 0.6 is 23.2 Å². The van der Waals surface area contributed by atoms with Crippen molar-refractivity contribution in [2.24, 2.45) is 0 Å². The first-order valence-corrected chi connectivity index (χ1v) is 8.04. The number of nitrogens with two attached hydrogens (primary N) is 1. The standard InChI is InChI=1S/C10H9Cl2N5.C4H7N3/c11-6-4-13-10(12)15-9(6)14-8-3-7(16-17-8)5-1-2-5;1-3-2-4(5)7-6-3/h3-5H,1-2H2,(H2,13,14,15,16,17);2H,1H3,(H3,5,6,7). The number of nitrogen functional groups attached to an aromatic ring is 1. The number of halogens is 2. The summed E-state index contributed by atoms with van der Waals surface area (Å²) in [5.41, 5.74) is 7.38. The van der Waals surface area contributed by atoms with Crippen molar-refractivity contribution in [2.45, 2.75) is 25.7 Å². The molecule has 0 spiro atoms. The Balaban J connectivity index is 0.000000203. The van der Waals surface area contributed by atoms with E-state index in [0.717, 1.165) is 11.4 Å². The second-order valence-corrected chi connectivity index (χ2v) is 6.16. The van der Waals surface area contributed by atoms with Crippen LogP contribution in [0.1, 0.15) is 30.1 Å². The number of H-pyrrole nitrogens is 2. The van der Waals surface area contributed by atoms with Crippen LogP contribution in [0.3, 0.4) is 0 Å². The predicted octanol–water partition coefficient (Wildman–Crippen LogP) is 3.43. The van der Waals surface area contributed by atoms with Gasteiger partial charge in [-0.05, 0) is 31.4 Å². The van der Waals surface area contributed by atoms with E-state index < -0.39 is 0 Å². The lowest BCUT2D eigenvalue weighted by Gasteiger charge is -2.03. The molecule has 10 heteroatoms. The van der Waals surface area contributed by atoms with E-state index in [2.05, 4.69) is 35.7 Å². The minimum Gasteiger partial charge on any atom is -0.382 e. The summed E-state index contributed by atoms with van der Waals surface area (Å²) in [6.07, 6.45) is 3.90. The third kappa shape index (κ3) is 4.36. The Bertz CT molecular complexity index is 807. The highest BCUT2D eigenvalue weighted by Gasteiger charge is 2.25. The molecule has 3 heterocycles. The first-order valence-electron chi connectivity index (χ1n) is 7.29. The minimum atomic E-state index is 0.148. The van der Waals surface area contributed by atoms with Crippen LogP contribution < -0.4 is 11.1 Å². The van der Waals surface area contributed by atoms with E-state index >= 15 is 0 Å². The summed E-state index contributed by atoms with van der Waals surface area (Å²) in [7, 11) is 0. The molecule has 0 amide bonds. The van der Waals surface area contributed by atoms with Gasteiger partial charge in [0.1, 0.15) is 10.8 Å². The lowest BCUT2D eigenvalue weighted by Crippen LogP contribution is -1.96. The Hall–Kier alpha value is -2.32. The maximum absolute atomic E-state index is 5.94. The monoisotopic (exact) mass is 366 g/mol. The number of hydrogen-bond acceptors (Lipinski definition) is 6. The van der Waals surface area contributed by atoms with Crippen molar-refractivity contribution in [3.63, 3.8) is 0 Å². The molecule has 0 bridgehead atoms. The maximum atomic E-state index is 5.94. The van der Waals surface area contributed by atoms with Crippen LogP contribution in [0, 0.1) is 6.92 Å². The fraction of sp³-hybridized carbons (Fsp3) is 0.286. The highest BCUT2D eigenvalue weighted by atomic mass is 35.5. The Labute approximate surface area is 148 Å². The van der Waals surface area contributed by atoms with Crippen LogP contribution in [0.15, 0.2) is 18.3 Å². The van der Waals surface area contributed by atoms with Gasteiger partial charge in [-0.15, -0.1) is 0 Å². The molecule has 0 saturated heterocycles. The molecule has 0 aromatic carbocycles. The van der Waals surface area contributed by atoms with Crippen molar-refractivity contribution < 1.29 is 0 Å². The van der Waals surface area contributed by atoms with Crippen molar-refractivity contribution in [2.75, 3.05) is 11.1 Å². The van der Waals surface area contributed by atoms with Gasteiger partial charge in [0.15, 0.2) is 11.6 Å². The zero-order valence-corrected chi connectivity index (χ0v) is 14.4. The van der Waals surface area contributed by atoms with Crippen molar-refractivity contribution >= 4 is 40.7 Å². The van der Waals surface area contributed by atoms with Crippen LogP contribution in [-0.4, -0.2) is 30.4 Å². The molecular weight excluding hydrogens is 351 g/mol. The summed E-state index contributed by atoms with van der Waals surface area (Å²) in [5, 5.41) is 17.1. The first-order chi connectivity index (χ1) is 11.5. The molecule has 0 aliphatic heterocycles. The number of hydrogen-bond donors (Lipinski definition) is 4. The summed E-state index contributed by atoms with van der Waals surface area (Å²) in [6, 6.07) is 3.74. The van der Waals surface area contributed by atoms with Gasteiger partial charge in [0.2, 0.25) is 5.28 Å². The van der Waals surface area contributed by atoms with Gasteiger partial charge in [-0.25, -0.2) is 4.98 Å². The van der Waals surface area contributed by atoms with Crippen molar-refractivity contribution in [3.05, 3.63) is 40.0 Å². The van der Waals surface area contributed by atoms with Crippen molar-refractivity contribution in [1.82, 2.24) is 30.4 Å². The van der Waals surface area contributed by atoms with E-state index in [1.54, 1.807) is 6.07 Å². The van der Waals surface area contributed by atoms with E-state index in [1.165, 1.54) is 19.0 Å². The zero-order chi connectivity index (χ0) is 17.1. The number of aromatic amines is 2. The lowest BCUT2D eigenvalue weighted by molar-refractivity contribution is 0.966. The second kappa shape index (κ2) is 7.06. The molecule has 5 N–H and O–H groups in total. The van der Waals surface area contributed by atoms with Crippen LogP contribution in [-0.2, 0) is 0 Å². The molecule has 0 atom stereocenters. The van der Waals surface area contributed by atoms with Gasteiger partial charge in [0, 0.05) is 29.4 Å². The van der Waals surface area contributed by atoms with Gasteiger partial charge >= 0.3 is 0 Å². The summed E-state index contributed by atoms with van der Waals surface area (Å²) < 4.78 is 0. The number of aryl methyl sites for hydroxylation is 1. The second-order valence-electron chi connectivity index (χ2n) is 5.42. The third-order valence-electron chi connectivity index (χ3n) is 3.30. The molecule has 3 aromatic rings. The van der Waals surface area contributed by atoms with Gasteiger partial charge in [0.25, 0.3) is 0 Å². The fourth-order valence-electron chi connectivity index (χ4n) is 2.00. The number of rotatable bonds is 3. The largest absolute Gasteiger partial charge is 0.382 e. The zero-order valence-electron chi connectivity index (χ0n) is 12.8. The number of nitrogens with zero attached hydrogens (tertiary/aromatic N) is 4. The van der Waals surface area contributed by atoms with Crippen LogP contribution in [0.5, 0.6) is 0 Å². The normalized spacial score (nSPS) is 13.3. The molecule has 0 unspecified atom stereocenters. The molecule has 1 aliphatic carbocycles. The minimum absolute atomic E-state index is 0.148. The maximum Gasteiger partial charge on any atom is 0.224 e. The third-order valence-corrected chi connectivity index (χ3v) is 3.76. The van der Waals surface area contributed by atoms with Gasteiger partial charge in [-0.2, -0.15) is 15.2 Å². The van der Waals surface area contributed by atoms with E-state index in [4.69, 9.17) is 28.9 Å². The van der Waals surface area contributed by atoms with Gasteiger partial charge in [-0.1, -0.05) is 11.6 Å². The average Bonchev–Trinajstić information content (AvgIpc) is 3.18. The van der Waals surface area contributed by atoms with Gasteiger partial charge < -0.3 is 11.1 Å². The predicted molar refractivity (Wildman–Crippen MR) is 93.6 cm³/mol. The number of aromatic nitrogens is 6. The number of nitrogens with one attached hydrogen (secondary N) is 3. The quantitative estimate of drug-likeness (QED) is 0.526. The van der Waals surface area contributed by atoms with Crippen LogP contribution in [0.25, 0.3) is 0 Å². The van der Waals surface area contributed by atoms with Gasteiger partial charge in [0.05, 0.1) is 6.20 Å². The highest BCUT2D eigenvalue weighted by Crippen LogP contribution is 2.39. The molecule has 126 valence electrons. The Kier molecular flexibility index (Phi) is 4.86. The first kappa shape index (κ1) is 16.5. The van der Waals surface area contributed by atoms with E-state index in [9.17, 15) is 0 Å². The molecule has 1 aliphatic rings. The molecule has 1 saturated carbocycles. The lowest BCUT2D eigenvalue weighted by atomic mass is 10.3. The number of anilines is 3. The fourth-order valence-corrected chi connectivity index (χ4v) is 2.27. The molecule has 0 radical (unpaired) electrons. The van der Waals surface area contributed by atoms with E-state index in [-0.39, 0.29) is 5.28 Å². The Morgan fingerprint density at radius 2 is 2.00 bits per heavy atom. The topological polar surface area (TPSA) is 121 Å². The van der Waals surface area contributed by atoms with Gasteiger partial charge in [-0.3, -0.25) is 10.2 Å². The molecule has 24 heavy (non-hydrogen) atoms.